The van der Waals surface area contributed by atoms with Crippen LogP contribution in [-0.4, -0.2) is 14.1 Å². The average Bonchev–Trinajstić information content (AvgIpc) is 2.87. The molecule has 0 spiro atoms. The lowest BCUT2D eigenvalue weighted by Gasteiger charge is -2.15. The van der Waals surface area contributed by atoms with Crippen LogP contribution in [0.3, 0.4) is 0 Å². The molecule has 0 saturated carbocycles. The monoisotopic (exact) mass is 394 g/mol. The van der Waals surface area contributed by atoms with Crippen molar-refractivity contribution in [2.75, 3.05) is 14.1 Å². The van der Waals surface area contributed by atoms with Crippen molar-refractivity contribution in [3.8, 4) is 0 Å². The minimum Gasteiger partial charge on any atom is -0.325 e. The molecule has 102 valence electrons. The van der Waals surface area contributed by atoms with Gasteiger partial charge < -0.3 is 4.90 Å². The second-order valence-corrected chi connectivity index (χ2v) is 7.37. The van der Waals surface area contributed by atoms with Crippen molar-refractivity contribution in [3.05, 3.63) is 71.3 Å². The molecule has 3 heteroatoms. The maximum absolute atomic E-state index is 2.49. The SMILES string of the molecule is C[NH+](C)C1S/C(=C(/I)c2ccccc2)c2ccccc21. The van der Waals surface area contributed by atoms with Crippen molar-refractivity contribution in [2.24, 2.45) is 0 Å². The smallest absolute Gasteiger partial charge is 0.165 e. The largest absolute Gasteiger partial charge is 0.325 e. The standard InChI is InChI=1S/C17H16INS/c1-19(2)17-14-11-7-6-10-13(14)16(20-17)15(18)12-8-4-3-5-9-12/h3-11,17H,1-2H3/p+1/b16-15+. The number of nitrogens with one attached hydrogen (secondary N) is 1. The van der Waals surface area contributed by atoms with Gasteiger partial charge >= 0.3 is 0 Å². The Morgan fingerprint density at radius 2 is 1.65 bits per heavy atom. The first-order valence-electron chi connectivity index (χ1n) is 6.69. The topological polar surface area (TPSA) is 4.44 Å². The highest BCUT2D eigenvalue weighted by Gasteiger charge is 2.33. The van der Waals surface area contributed by atoms with Crippen LogP contribution < -0.4 is 4.90 Å². The van der Waals surface area contributed by atoms with Gasteiger partial charge in [-0.1, -0.05) is 66.4 Å². The quantitative estimate of drug-likeness (QED) is 0.759. The number of halogens is 1. The van der Waals surface area contributed by atoms with Crippen molar-refractivity contribution in [1.82, 2.24) is 0 Å². The molecular weight excluding hydrogens is 377 g/mol. The Hall–Kier alpha value is -0.780. The van der Waals surface area contributed by atoms with Gasteiger partial charge in [-0.2, -0.15) is 0 Å². The van der Waals surface area contributed by atoms with Crippen molar-refractivity contribution in [3.63, 3.8) is 0 Å². The lowest BCUT2D eigenvalue weighted by Crippen LogP contribution is -3.05. The van der Waals surface area contributed by atoms with E-state index in [2.05, 4.69) is 91.3 Å². The van der Waals surface area contributed by atoms with Crippen molar-refractivity contribution in [2.45, 2.75) is 5.37 Å². The molecule has 2 aromatic rings. The molecule has 1 heterocycles. The Morgan fingerprint density at radius 3 is 2.35 bits per heavy atom. The molecule has 1 aliphatic rings. The third-order valence-corrected chi connectivity index (χ3v) is 6.62. The van der Waals surface area contributed by atoms with Crippen LogP contribution in [0.5, 0.6) is 0 Å². The zero-order chi connectivity index (χ0) is 14.1. The Kier molecular flexibility index (Phi) is 4.19. The summed E-state index contributed by atoms with van der Waals surface area (Å²) in [5.74, 6) is 0. The fourth-order valence-corrected chi connectivity index (χ4v) is 4.86. The van der Waals surface area contributed by atoms with E-state index >= 15 is 0 Å². The number of hydrogen-bond acceptors (Lipinski definition) is 1. The molecule has 1 nitrogen and oxygen atoms in total. The van der Waals surface area contributed by atoms with E-state index in [0.29, 0.717) is 5.37 Å². The van der Waals surface area contributed by atoms with Crippen LogP contribution in [0.15, 0.2) is 54.6 Å². The Bertz CT molecular complexity index is 649. The molecule has 0 bridgehead atoms. The highest BCUT2D eigenvalue weighted by molar-refractivity contribution is 14.1. The lowest BCUT2D eigenvalue weighted by atomic mass is 10.1. The second-order valence-electron chi connectivity index (χ2n) is 5.17. The van der Waals surface area contributed by atoms with Gasteiger partial charge in [-0.15, -0.1) is 0 Å². The van der Waals surface area contributed by atoms with Gasteiger partial charge in [0.05, 0.1) is 14.1 Å². The molecule has 20 heavy (non-hydrogen) atoms. The Balaban J connectivity index is 2.13. The van der Waals surface area contributed by atoms with Crippen LogP contribution in [0.1, 0.15) is 22.1 Å². The van der Waals surface area contributed by atoms with E-state index < -0.39 is 0 Å². The molecule has 0 radical (unpaired) electrons. The molecule has 0 aliphatic carbocycles. The van der Waals surface area contributed by atoms with Crippen LogP contribution in [0.25, 0.3) is 8.48 Å². The predicted octanol–water partition coefficient (Wildman–Crippen LogP) is 3.84. The van der Waals surface area contributed by atoms with Crippen LogP contribution in [0.2, 0.25) is 0 Å². The third-order valence-electron chi connectivity index (χ3n) is 3.47. The maximum Gasteiger partial charge on any atom is 0.165 e. The van der Waals surface area contributed by atoms with E-state index in [1.807, 2.05) is 11.8 Å². The third kappa shape index (κ3) is 2.54. The molecule has 0 amide bonds. The number of benzene rings is 2. The number of rotatable bonds is 2. The maximum atomic E-state index is 2.49. The number of quaternary nitrogens is 1. The molecule has 1 aliphatic heterocycles. The zero-order valence-corrected chi connectivity index (χ0v) is 14.5. The minimum atomic E-state index is 0.495. The van der Waals surface area contributed by atoms with E-state index in [4.69, 9.17) is 0 Å². The van der Waals surface area contributed by atoms with Gasteiger partial charge in [-0.3, -0.25) is 0 Å². The molecule has 1 unspecified atom stereocenters. The van der Waals surface area contributed by atoms with Gasteiger partial charge in [-0.25, -0.2) is 0 Å². The molecule has 0 saturated heterocycles. The minimum absolute atomic E-state index is 0.495. The molecule has 0 fully saturated rings. The van der Waals surface area contributed by atoms with Crippen LogP contribution in [0, 0.1) is 0 Å². The van der Waals surface area contributed by atoms with Gasteiger partial charge in [-0.05, 0) is 33.7 Å². The highest BCUT2D eigenvalue weighted by Crippen LogP contribution is 2.51. The van der Waals surface area contributed by atoms with Crippen LogP contribution in [-0.2, 0) is 0 Å². The Morgan fingerprint density at radius 1 is 1.00 bits per heavy atom. The van der Waals surface area contributed by atoms with Crippen LogP contribution >= 0.6 is 34.4 Å². The summed E-state index contributed by atoms with van der Waals surface area (Å²) in [7, 11) is 4.46. The molecule has 1 N–H and O–H groups in total. The van der Waals surface area contributed by atoms with E-state index in [1.165, 1.54) is 30.1 Å². The molecule has 0 aromatic heterocycles. The molecule has 1 atom stereocenters. The first kappa shape index (κ1) is 14.2. The highest BCUT2D eigenvalue weighted by atomic mass is 127. The van der Waals surface area contributed by atoms with Crippen LogP contribution in [0.4, 0.5) is 0 Å². The van der Waals surface area contributed by atoms with E-state index in [9.17, 15) is 0 Å². The Labute approximate surface area is 138 Å². The summed E-state index contributed by atoms with van der Waals surface area (Å²) in [6.07, 6.45) is 0. The number of hydrogen-bond donors (Lipinski definition) is 1. The molecular formula is C17H17INS+. The van der Waals surface area contributed by atoms with Crippen molar-refractivity contribution >= 4 is 42.8 Å². The van der Waals surface area contributed by atoms with E-state index in [0.717, 1.165) is 0 Å². The second kappa shape index (κ2) is 5.92. The van der Waals surface area contributed by atoms with Gasteiger partial charge in [0, 0.05) is 14.0 Å². The summed E-state index contributed by atoms with van der Waals surface area (Å²) in [6.45, 7) is 0. The number of fused-ring (bicyclic) bond motifs is 1. The fourth-order valence-electron chi connectivity index (χ4n) is 2.49. The van der Waals surface area contributed by atoms with Gasteiger partial charge in [0.25, 0.3) is 0 Å². The predicted molar refractivity (Wildman–Crippen MR) is 96.9 cm³/mol. The van der Waals surface area contributed by atoms with Crippen molar-refractivity contribution < 1.29 is 4.90 Å². The number of thioether (sulfide) groups is 1. The lowest BCUT2D eigenvalue weighted by molar-refractivity contribution is -0.874. The molecule has 2 aromatic carbocycles. The summed E-state index contributed by atoms with van der Waals surface area (Å²) in [5.41, 5.74) is 4.16. The summed E-state index contributed by atoms with van der Waals surface area (Å²) in [4.78, 5) is 2.88. The van der Waals surface area contributed by atoms with Gasteiger partial charge in [0.15, 0.2) is 5.37 Å². The van der Waals surface area contributed by atoms with Gasteiger partial charge in [0.1, 0.15) is 0 Å². The van der Waals surface area contributed by atoms with Crippen molar-refractivity contribution in [1.29, 1.82) is 0 Å². The fraction of sp³-hybridized carbons (Fsp3) is 0.176. The average molecular weight is 394 g/mol. The van der Waals surface area contributed by atoms with E-state index in [-0.39, 0.29) is 0 Å². The summed E-state index contributed by atoms with van der Waals surface area (Å²) < 4.78 is 1.35. The summed E-state index contributed by atoms with van der Waals surface area (Å²) in [5, 5.41) is 0.495. The first-order chi connectivity index (χ1) is 9.68. The normalized spacial score (nSPS) is 20.1. The summed E-state index contributed by atoms with van der Waals surface area (Å²) in [6, 6.07) is 19.5. The van der Waals surface area contributed by atoms with E-state index in [1.54, 1.807) is 0 Å². The zero-order valence-electron chi connectivity index (χ0n) is 11.6. The first-order valence-corrected chi connectivity index (χ1v) is 8.65. The summed E-state index contributed by atoms with van der Waals surface area (Å²) >= 11 is 4.47. The molecule has 3 rings (SSSR count). The van der Waals surface area contributed by atoms with Gasteiger partial charge in [0.2, 0.25) is 0 Å².